The Morgan fingerprint density at radius 1 is 1.26 bits per heavy atom. The summed E-state index contributed by atoms with van der Waals surface area (Å²) in [5, 5.41) is 14.3. The van der Waals surface area contributed by atoms with Gasteiger partial charge in [-0.25, -0.2) is 4.98 Å². The van der Waals surface area contributed by atoms with Crippen LogP contribution < -0.4 is 5.32 Å². The van der Waals surface area contributed by atoms with Crippen LogP contribution in [0.25, 0.3) is 0 Å². The summed E-state index contributed by atoms with van der Waals surface area (Å²) in [7, 11) is 0. The summed E-state index contributed by atoms with van der Waals surface area (Å²) >= 11 is 0. The Labute approximate surface area is 131 Å². The largest absolute Gasteiger partial charge is 0.451 e. The topological polar surface area (TPSA) is 58.3 Å². The Balaban J connectivity index is 1.87. The van der Waals surface area contributed by atoms with Crippen LogP contribution in [0.15, 0.2) is 41.3 Å². The molecule has 1 aliphatic rings. The molecule has 2 aromatic rings. The highest BCUT2D eigenvalue weighted by molar-refractivity contribution is 5.30. The van der Waals surface area contributed by atoms with Crippen molar-refractivity contribution in [3.05, 3.63) is 53.7 Å². The number of aliphatic hydroxyl groups is 1. The molecule has 3 atom stereocenters. The normalized spacial score (nSPS) is 28.7. The van der Waals surface area contributed by atoms with Crippen molar-refractivity contribution in [3.8, 4) is 0 Å². The maximum Gasteiger partial charge on any atom is 0.416 e. The van der Waals surface area contributed by atoms with Crippen LogP contribution in [-0.4, -0.2) is 16.1 Å². The predicted octanol–water partition coefficient (Wildman–Crippen LogP) is 3.39. The molecule has 0 saturated carbocycles. The first-order valence-corrected chi connectivity index (χ1v) is 7.32. The van der Waals surface area contributed by atoms with Crippen molar-refractivity contribution < 1.29 is 22.7 Å². The average Bonchev–Trinajstić information content (AvgIpc) is 3.00. The molecule has 0 aliphatic carbocycles. The van der Waals surface area contributed by atoms with Crippen molar-refractivity contribution >= 4 is 0 Å². The average molecular weight is 326 g/mol. The summed E-state index contributed by atoms with van der Waals surface area (Å²) in [4.78, 5) is 4.09. The molecule has 3 rings (SSSR count). The van der Waals surface area contributed by atoms with Gasteiger partial charge in [0.05, 0.1) is 22.9 Å². The molecule has 1 unspecified atom stereocenters. The minimum absolute atomic E-state index is 0.0160. The molecule has 1 fully saturated rings. The maximum atomic E-state index is 12.7. The molecule has 1 aromatic carbocycles. The first-order valence-electron chi connectivity index (χ1n) is 7.32. The van der Waals surface area contributed by atoms with Crippen molar-refractivity contribution in [3.63, 3.8) is 0 Å². The summed E-state index contributed by atoms with van der Waals surface area (Å²) in [5.41, 5.74) is -0.785. The van der Waals surface area contributed by atoms with E-state index in [0.29, 0.717) is 24.1 Å². The molecular weight excluding hydrogens is 309 g/mol. The molecule has 0 radical (unpaired) electrons. The van der Waals surface area contributed by atoms with Crippen molar-refractivity contribution in [1.82, 2.24) is 10.3 Å². The van der Waals surface area contributed by atoms with Gasteiger partial charge in [-0.2, -0.15) is 13.2 Å². The van der Waals surface area contributed by atoms with Crippen LogP contribution in [0, 0.1) is 0 Å². The molecule has 23 heavy (non-hydrogen) atoms. The maximum absolute atomic E-state index is 12.7. The van der Waals surface area contributed by atoms with Gasteiger partial charge in [0.1, 0.15) is 6.26 Å². The Kier molecular flexibility index (Phi) is 3.93. The summed E-state index contributed by atoms with van der Waals surface area (Å²) in [6.07, 6.45) is -0.843. The molecule has 7 heteroatoms. The van der Waals surface area contributed by atoms with Gasteiger partial charge in [-0.15, -0.1) is 0 Å². The number of benzene rings is 1. The summed E-state index contributed by atoms with van der Waals surface area (Å²) in [5.74, 6) is 0. The van der Waals surface area contributed by atoms with E-state index in [9.17, 15) is 18.3 Å². The third-order valence-electron chi connectivity index (χ3n) is 4.23. The van der Waals surface area contributed by atoms with E-state index in [1.165, 1.54) is 24.8 Å². The minimum Gasteiger partial charge on any atom is -0.451 e. The second kappa shape index (κ2) is 5.65. The minimum atomic E-state index is -4.38. The SMILES string of the molecule is C[C@H]1CC(O)(c2ccc(C(F)(F)F)cc2)C[C@@H](c2cocn2)N1. The van der Waals surface area contributed by atoms with E-state index in [2.05, 4.69) is 10.3 Å². The van der Waals surface area contributed by atoms with Crippen LogP contribution in [0.5, 0.6) is 0 Å². The molecule has 2 heterocycles. The monoisotopic (exact) mass is 326 g/mol. The van der Waals surface area contributed by atoms with E-state index in [1.807, 2.05) is 6.92 Å². The van der Waals surface area contributed by atoms with Crippen molar-refractivity contribution in [2.45, 2.75) is 43.6 Å². The van der Waals surface area contributed by atoms with E-state index in [-0.39, 0.29) is 12.1 Å². The van der Waals surface area contributed by atoms with Gasteiger partial charge in [0.15, 0.2) is 6.39 Å². The smallest absolute Gasteiger partial charge is 0.416 e. The van der Waals surface area contributed by atoms with Crippen molar-refractivity contribution in [2.75, 3.05) is 0 Å². The lowest BCUT2D eigenvalue weighted by atomic mass is 9.78. The number of piperidine rings is 1. The van der Waals surface area contributed by atoms with Crippen molar-refractivity contribution in [1.29, 1.82) is 0 Å². The van der Waals surface area contributed by atoms with Crippen LogP contribution in [0.3, 0.4) is 0 Å². The van der Waals surface area contributed by atoms with Crippen LogP contribution >= 0.6 is 0 Å². The lowest BCUT2D eigenvalue weighted by Gasteiger charge is -2.40. The second-order valence-corrected chi connectivity index (χ2v) is 6.05. The summed E-state index contributed by atoms with van der Waals surface area (Å²) < 4.78 is 43.0. The fourth-order valence-electron chi connectivity index (χ4n) is 3.18. The van der Waals surface area contributed by atoms with Gasteiger partial charge in [0.25, 0.3) is 0 Å². The lowest BCUT2D eigenvalue weighted by molar-refractivity contribution is -0.137. The standard InChI is InChI=1S/C16H17F3N2O2/c1-10-6-15(22,7-13(21-10)14-8-23-9-20-14)11-2-4-12(5-3-11)16(17,18)19/h2-5,8-10,13,21-22H,6-7H2,1H3/t10-,13-,15?/m0/s1. The number of hydrogen-bond donors (Lipinski definition) is 2. The Hall–Kier alpha value is -1.86. The number of halogens is 3. The molecule has 0 amide bonds. The van der Waals surface area contributed by atoms with Gasteiger partial charge in [-0.05, 0) is 31.0 Å². The molecule has 124 valence electrons. The van der Waals surface area contributed by atoms with E-state index >= 15 is 0 Å². The first-order chi connectivity index (χ1) is 10.8. The highest BCUT2D eigenvalue weighted by Crippen LogP contribution is 2.40. The third kappa shape index (κ3) is 3.25. The molecule has 0 bridgehead atoms. The van der Waals surface area contributed by atoms with Gasteiger partial charge in [-0.1, -0.05) is 12.1 Å². The van der Waals surface area contributed by atoms with Gasteiger partial charge in [0, 0.05) is 12.5 Å². The molecular formula is C16H17F3N2O2. The van der Waals surface area contributed by atoms with Crippen LogP contribution in [0.1, 0.15) is 42.6 Å². The fraction of sp³-hybridized carbons (Fsp3) is 0.438. The Morgan fingerprint density at radius 2 is 1.96 bits per heavy atom. The van der Waals surface area contributed by atoms with Gasteiger partial charge in [-0.3, -0.25) is 0 Å². The third-order valence-corrected chi connectivity index (χ3v) is 4.23. The highest BCUT2D eigenvalue weighted by Gasteiger charge is 2.40. The van der Waals surface area contributed by atoms with Crippen LogP contribution in [-0.2, 0) is 11.8 Å². The molecule has 0 spiro atoms. The Bertz CT molecular complexity index is 655. The predicted molar refractivity (Wildman–Crippen MR) is 76.4 cm³/mol. The van der Waals surface area contributed by atoms with Gasteiger partial charge in [0.2, 0.25) is 0 Å². The quantitative estimate of drug-likeness (QED) is 0.888. The number of rotatable bonds is 2. The number of hydrogen-bond acceptors (Lipinski definition) is 4. The van der Waals surface area contributed by atoms with E-state index < -0.39 is 17.3 Å². The number of alkyl halides is 3. The summed E-state index contributed by atoms with van der Waals surface area (Å²) in [6, 6.07) is 4.47. The van der Waals surface area contributed by atoms with Crippen LogP contribution in [0.2, 0.25) is 0 Å². The number of nitrogens with zero attached hydrogens (tertiary/aromatic N) is 1. The van der Waals surface area contributed by atoms with Crippen molar-refractivity contribution in [2.24, 2.45) is 0 Å². The van der Waals surface area contributed by atoms with Gasteiger partial charge < -0.3 is 14.8 Å². The zero-order valence-electron chi connectivity index (χ0n) is 12.5. The number of nitrogens with one attached hydrogen (secondary N) is 1. The van der Waals surface area contributed by atoms with Crippen LogP contribution in [0.4, 0.5) is 13.2 Å². The van der Waals surface area contributed by atoms with E-state index in [1.54, 1.807) is 0 Å². The number of oxazole rings is 1. The first kappa shape index (κ1) is 16.0. The second-order valence-electron chi connectivity index (χ2n) is 6.05. The molecule has 1 aliphatic heterocycles. The molecule has 4 nitrogen and oxygen atoms in total. The van der Waals surface area contributed by atoms with E-state index in [0.717, 1.165) is 12.1 Å². The van der Waals surface area contributed by atoms with E-state index in [4.69, 9.17) is 4.42 Å². The lowest BCUT2D eigenvalue weighted by Crippen LogP contribution is -2.47. The molecule has 1 saturated heterocycles. The zero-order chi connectivity index (χ0) is 16.7. The fourth-order valence-corrected chi connectivity index (χ4v) is 3.18. The molecule has 1 aromatic heterocycles. The summed E-state index contributed by atoms with van der Waals surface area (Å²) in [6.45, 7) is 1.92. The highest BCUT2D eigenvalue weighted by atomic mass is 19.4. The van der Waals surface area contributed by atoms with Gasteiger partial charge >= 0.3 is 6.18 Å². The number of aromatic nitrogens is 1. The molecule has 2 N–H and O–H groups in total. The Morgan fingerprint density at radius 3 is 2.52 bits per heavy atom. The zero-order valence-corrected chi connectivity index (χ0v) is 12.5.